The van der Waals surface area contributed by atoms with Crippen molar-refractivity contribution in [1.82, 2.24) is 0 Å². The summed E-state index contributed by atoms with van der Waals surface area (Å²) in [7, 11) is 4.51. The van der Waals surface area contributed by atoms with E-state index in [0.29, 0.717) is 17.1 Å². The molecule has 18 heavy (non-hydrogen) atoms. The van der Waals surface area contributed by atoms with Gasteiger partial charge in [0.25, 0.3) is 0 Å². The minimum atomic E-state index is -0.367. The Morgan fingerprint density at radius 3 is 2.56 bits per heavy atom. The van der Waals surface area contributed by atoms with Crippen LogP contribution >= 0.6 is 27.3 Å². The van der Waals surface area contributed by atoms with Gasteiger partial charge in [0.1, 0.15) is 0 Å². The predicted molar refractivity (Wildman–Crippen MR) is 74.0 cm³/mol. The van der Waals surface area contributed by atoms with Crippen molar-refractivity contribution in [3.05, 3.63) is 21.5 Å². The maximum absolute atomic E-state index is 11.7. The molecule has 2 rings (SSSR count). The van der Waals surface area contributed by atoms with Crippen LogP contribution in [0, 0.1) is 0 Å². The smallest absolute Gasteiger partial charge is 0.339 e. The molecule has 0 atom stereocenters. The Labute approximate surface area is 117 Å². The molecule has 0 bridgehead atoms. The third-order valence-corrected chi connectivity index (χ3v) is 4.15. The molecule has 0 saturated carbocycles. The minimum Gasteiger partial charge on any atom is -0.493 e. The van der Waals surface area contributed by atoms with E-state index in [-0.39, 0.29) is 5.97 Å². The van der Waals surface area contributed by atoms with Gasteiger partial charge in [-0.1, -0.05) is 0 Å². The highest BCUT2D eigenvalue weighted by Gasteiger charge is 2.20. The Hall–Kier alpha value is -1.27. The van der Waals surface area contributed by atoms with Gasteiger partial charge in [-0.2, -0.15) is 0 Å². The summed E-state index contributed by atoms with van der Waals surface area (Å²) in [5, 5.41) is 2.54. The normalized spacial score (nSPS) is 10.4. The number of esters is 1. The van der Waals surface area contributed by atoms with E-state index in [1.165, 1.54) is 18.4 Å². The predicted octanol–water partition coefficient (Wildman–Crippen LogP) is 3.47. The van der Waals surface area contributed by atoms with Gasteiger partial charge in [0.2, 0.25) is 0 Å². The summed E-state index contributed by atoms with van der Waals surface area (Å²) < 4.78 is 17.0. The van der Waals surface area contributed by atoms with Crippen LogP contribution in [0.5, 0.6) is 11.5 Å². The number of carbonyl (C=O) groups is 1. The Kier molecular flexibility index (Phi) is 3.77. The summed E-state index contributed by atoms with van der Waals surface area (Å²) >= 11 is 4.86. The quantitative estimate of drug-likeness (QED) is 0.808. The first-order chi connectivity index (χ1) is 8.63. The molecule has 1 aromatic carbocycles. The van der Waals surface area contributed by atoms with E-state index in [2.05, 4.69) is 15.9 Å². The average molecular weight is 331 g/mol. The lowest BCUT2D eigenvalue weighted by Gasteiger charge is -2.10. The monoisotopic (exact) mass is 330 g/mol. The Morgan fingerprint density at radius 2 is 2.00 bits per heavy atom. The van der Waals surface area contributed by atoms with Crippen LogP contribution in [0.3, 0.4) is 0 Å². The maximum atomic E-state index is 11.7. The zero-order valence-corrected chi connectivity index (χ0v) is 12.5. The van der Waals surface area contributed by atoms with Crippen LogP contribution in [0.4, 0.5) is 0 Å². The summed E-state index contributed by atoms with van der Waals surface area (Å²) in [5.41, 5.74) is 0.519. The number of thiophene rings is 1. The van der Waals surface area contributed by atoms with Gasteiger partial charge in [-0.15, -0.1) is 11.3 Å². The Balaban J connectivity index is 2.79. The van der Waals surface area contributed by atoms with Crippen LogP contribution in [0.2, 0.25) is 0 Å². The first-order valence-corrected chi connectivity index (χ1v) is 6.71. The standard InChI is InChI=1S/C12H11BrO4S/c1-15-8-4-7(13)9-6(12(14)17-3)5-18-11(9)10(8)16-2/h4-5H,1-3H3. The van der Waals surface area contributed by atoms with Gasteiger partial charge in [-0.3, -0.25) is 0 Å². The molecule has 1 aromatic heterocycles. The van der Waals surface area contributed by atoms with Gasteiger partial charge in [0.15, 0.2) is 11.5 Å². The molecule has 0 amide bonds. The second-order valence-corrected chi connectivity index (χ2v) is 5.17. The van der Waals surface area contributed by atoms with Crippen LogP contribution in [-0.2, 0) is 4.74 Å². The first kappa shape index (κ1) is 13.2. The third-order valence-electron chi connectivity index (χ3n) is 2.55. The molecule has 0 radical (unpaired) electrons. The molecule has 1 heterocycles. The molecule has 96 valence electrons. The van der Waals surface area contributed by atoms with Gasteiger partial charge < -0.3 is 14.2 Å². The number of hydrogen-bond acceptors (Lipinski definition) is 5. The number of halogens is 1. The van der Waals surface area contributed by atoms with E-state index in [1.807, 2.05) is 0 Å². The number of benzene rings is 1. The topological polar surface area (TPSA) is 44.8 Å². The summed E-state index contributed by atoms with van der Waals surface area (Å²) in [5.74, 6) is 0.875. The molecular formula is C12H11BrO4S. The van der Waals surface area contributed by atoms with Crippen molar-refractivity contribution in [3.8, 4) is 11.5 Å². The largest absolute Gasteiger partial charge is 0.493 e. The molecule has 0 N–H and O–H groups in total. The Bertz CT molecular complexity index is 606. The van der Waals surface area contributed by atoms with Crippen LogP contribution in [-0.4, -0.2) is 27.3 Å². The summed E-state index contributed by atoms with van der Waals surface area (Å²) in [6.45, 7) is 0. The van der Waals surface area contributed by atoms with E-state index in [1.54, 1.807) is 25.7 Å². The molecule has 0 unspecified atom stereocenters. The lowest BCUT2D eigenvalue weighted by Crippen LogP contribution is -2.00. The highest BCUT2D eigenvalue weighted by molar-refractivity contribution is 9.10. The summed E-state index contributed by atoms with van der Waals surface area (Å²) in [4.78, 5) is 11.7. The van der Waals surface area contributed by atoms with Crippen molar-refractivity contribution in [2.75, 3.05) is 21.3 Å². The van der Waals surface area contributed by atoms with Crippen molar-refractivity contribution < 1.29 is 19.0 Å². The molecule has 0 aliphatic carbocycles. The molecule has 0 fully saturated rings. The van der Waals surface area contributed by atoms with Crippen molar-refractivity contribution in [1.29, 1.82) is 0 Å². The van der Waals surface area contributed by atoms with Crippen molar-refractivity contribution in [2.24, 2.45) is 0 Å². The van der Waals surface area contributed by atoms with E-state index in [4.69, 9.17) is 14.2 Å². The van der Waals surface area contributed by atoms with Crippen LogP contribution < -0.4 is 9.47 Å². The zero-order valence-electron chi connectivity index (χ0n) is 10.1. The second kappa shape index (κ2) is 5.16. The van der Waals surface area contributed by atoms with Crippen LogP contribution in [0.15, 0.2) is 15.9 Å². The van der Waals surface area contributed by atoms with Gasteiger partial charge in [-0.25, -0.2) is 4.79 Å². The number of rotatable bonds is 3. The first-order valence-electron chi connectivity index (χ1n) is 5.04. The summed E-state index contributed by atoms with van der Waals surface area (Å²) in [6, 6.07) is 1.78. The van der Waals surface area contributed by atoms with Crippen molar-refractivity contribution in [2.45, 2.75) is 0 Å². The maximum Gasteiger partial charge on any atom is 0.339 e. The van der Waals surface area contributed by atoms with E-state index in [9.17, 15) is 4.79 Å². The fraction of sp³-hybridized carbons (Fsp3) is 0.250. The van der Waals surface area contributed by atoms with E-state index in [0.717, 1.165) is 14.6 Å². The van der Waals surface area contributed by atoms with Crippen molar-refractivity contribution >= 4 is 43.3 Å². The molecular weight excluding hydrogens is 320 g/mol. The number of ether oxygens (including phenoxy) is 3. The van der Waals surface area contributed by atoms with Crippen molar-refractivity contribution in [3.63, 3.8) is 0 Å². The molecule has 0 aliphatic rings. The fourth-order valence-corrected chi connectivity index (χ4v) is 3.56. The van der Waals surface area contributed by atoms with E-state index < -0.39 is 0 Å². The summed E-state index contributed by atoms with van der Waals surface area (Å²) in [6.07, 6.45) is 0. The lowest BCUT2D eigenvalue weighted by molar-refractivity contribution is 0.0603. The van der Waals surface area contributed by atoms with Gasteiger partial charge in [-0.05, 0) is 22.0 Å². The van der Waals surface area contributed by atoms with Crippen LogP contribution in [0.25, 0.3) is 10.1 Å². The highest BCUT2D eigenvalue weighted by Crippen LogP contribution is 2.44. The molecule has 6 heteroatoms. The molecule has 0 spiro atoms. The zero-order chi connectivity index (χ0) is 13.3. The fourth-order valence-electron chi connectivity index (χ4n) is 1.73. The average Bonchev–Trinajstić information content (AvgIpc) is 2.82. The SMILES string of the molecule is COC(=O)c1csc2c(OC)c(OC)cc(Br)c12. The minimum absolute atomic E-state index is 0.367. The number of carbonyl (C=O) groups excluding carboxylic acids is 1. The molecule has 0 aliphatic heterocycles. The number of methoxy groups -OCH3 is 3. The highest BCUT2D eigenvalue weighted by atomic mass is 79.9. The molecule has 2 aromatic rings. The number of hydrogen-bond donors (Lipinski definition) is 0. The van der Waals surface area contributed by atoms with Gasteiger partial charge in [0.05, 0.1) is 31.6 Å². The molecule has 0 saturated heterocycles. The Morgan fingerprint density at radius 1 is 1.28 bits per heavy atom. The van der Waals surface area contributed by atoms with Crippen LogP contribution in [0.1, 0.15) is 10.4 Å². The lowest BCUT2D eigenvalue weighted by atomic mass is 10.1. The second-order valence-electron chi connectivity index (χ2n) is 3.44. The third kappa shape index (κ3) is 1.95. The number of fused-ring (bicyclic) bond motifs is 1. The van der Waals surface area contributed by atoms with Gasteiger partial charge in [0, 0.05) is 15.2 Å². The molecule has 4 nitrogen and oxygen atoms in total. The van der Waals surface area contributed by atoms with E-state index >= 15 is 0 Å². The van der Waals surface area contributed by atoms with Gasteiger partial charge >= 0.3 is 5.97 Å².